The van der Waals surface area contributed by atoms with Crippen molar-refractivity contribution in [2.75, 3.05) is 56.2 Å². The van der Waals surface area contributed by atoms with E-state index >= 15 is 0 Å². The van der Waals surface area contributed by atoms with Gasteiger partial charge < -0.3 is 19.8 Å². The van der Waals surface area contributed by atoms with Gasteiger partial charge in [0, 0.05) is 45.8 Å². The first-order valence-corrected chi connectivity index (χ1v) is 6.33. The van der Waals surface area contributed by atoms with Crippen molar-refractivity contribution in [3.63, 3.8) is 0 Å². The van der Waals surface area contributed by atoms with E-state index in [9.17, 15) is 4.79 Å². The molecule has 0 saturated carbocycles. The number of hydrogen-bond acceptors (Lipinski definition) is 6. The Balaban J connectivity index is 2.04. The molecule has 0 atom stereocenters. The molecule has 7 heteroatoms. The summed E-state index contributed by atoms with van der Waals surface area (Å²) < 4.78 is 0. The zero-order chi connectivity index (χ0) is 13.7. The molecule has 2 heterocycles. The van der Waals surface area contributed by atoms with E-state index in [4.69, 9.17) is 5.11 Å². The van der Waals surface area contributed by atoms with Gasteiger partial charge in [-0.1, -0.05) is 0 Å². The minimum absolute atomic E-state index is 0.0911. The van der Waals surface area contributed by atoms with E-state index in [0.29, 0.717) is 6.54 Å². The van der Waals surface area contributed by atoms with Crippen molar-refractivity contribution in [3.8, 4) is 0 Å². The molecule has 1 amide bonds. The van der Waals surface area contributed by atoms with Crippen LogP contribution in [-0.2, 0) is 4.79 Å². The number of nitrogens with zero attached hydrogens (tertiary/aromatic N) is 5. The van der Waals surface area contributed by atoms with Gasteiger partial charge in [-0.05, 0) is 0 Å². The number of hydrogen-bond donors (Lipinski definition) is 1. The van der Waals surface area contributed by atoms with Crippen LogP contribution in [0.25, 0.3) is 0 Å². The smallest absolute Gasteiger partial charge is 0.209 e. The summed E-state index contributed by atoms with van der Waals surface area (Å²) >= 11 is 0. The van der Waals surface area contributed by atoms with Gasteiger partial charge in [-0.3, -0.25) is 4.79 Å². The van der Waals surface area contributed by atoms with Crippen LogP contribution in [-0.4, -0.2) is 72.8 Å². The molecule has 2 rings (SSSR count). The largest absolute Gasteiger partial charge is 0.395 e. The molecule has 0 unspecified atom stereocenters. The number of carbonyl (C=O) groups excluding carboxylic acids is 1. The molecule has 1 N–H and O–H groups in total. The van der Waals surface area contributed by atoms with Gasteiger partial charge in [0.25, 0.3) is 0 Å². The van der Waals surface area contributed by atoms with Crippen molar-refractivity contribution < 1.29 is 9.90 Å². The molecule has 1 aliphatic heterocycles. The number of carbonyl (C=O) groups is 1. The summed E-state index contributed by atoms with van der Waals surface area (Å²) in [5, 5.41) is 8.94. The molecule has 0 aromatic carbocycles. The number of likely N-dealkylation sites (N-methyl/N-ethyl adjacent to an activating group) is 1. The Morgan fingerprint density at radius 2 is 2.11 bits per heavy atom. The van der Waals surface area contributed by atoms with Gasteiger partial charge in [0.2, 0.25) is 6.41 Å². The number of amides is 1. The van der Waals surface area contributed by atoms with Gasteiger partial charge in [-0.2, -0.15) is 0 Å². The molecule has 7 nitrogen and oxygen atoms in total. The number of anilines is 2. The molecule has 0 aliphatic carbocycles. The normalized spacial score (nSPS) is 15.5. The summed E-state index contributed by atoms with van der Waals surface area (Å²) in [4.78, 5) is 24.9. The zero-order valence-electron chi connectivity index (χ0n) is 11.1. The Hall–Kier alpha value is -1.89. The Morgan fingerprint density at radius 1 is 1.37 bits per heavy atom. The van der Waals surface area contributed by atoms with Crippen molar-refractivity contribution >= 4 is 18.0 Å². The van der Waals surface area contributed by atoms with Crippen LogP contribution in [0.3, 0.4) is 0 Å². The summed E-state index contributed by atoms with van der Waals surface area (Å²) in [5.74, 6) is 1.65. The van der Waals surface area contributed by atoms with Gasteiger partial charge in [0.15, 0.2) is 0 Å². The Morgan fingerprint density at radius 3 is 2.74 bits per heavy atom. The van der Waals surface area contributed by atoms with Crippen LogP contribution >= 0.6 is 0 Å². The molecule has 104 valence electrons. The SMILES string of the molecule is CN(CCO)c1cc(N2CCN(C=O)CC2)ncn1. The fourth-order valence-electron chi connectivity index (χ4n) is 2.04. The van der Waals surface area contributed by atoms with Gasteiger partial charge in [-0.15, -0.1) is 0 Å². The monoisotopic (exact) mass is 265 g/mol. The number of aliphatic hydroxyl groups is 1. The van der Waals surface area contributed by atoms with E-state index in [0.717, 1.165) is 44.2 Å². The average Bonchev–Trinajstić information content (AvgIpc) is 2.48. The van der Waals surface area contributed by atoms with Crippen molar-refractivity contribution in [1.82, 2.24) is 14.9 Å². The van der Waals surface area contributed by atoms with Gasteiger partial charge in [0.05, 0.1) is 6.61 Å². The molecular weight excluding hydrogens is 246 g/mol. The molecule has 1 saturated heterocycles. The molecule has 1 aromatic heterocycles. The highest BCUT2D eigenvalue weighted by Gasteiger charge is 2.17. The lowest BCUT2D eigenvalue weighted by Crippen LogP contribution is -2.46. The fourth-order valence-corrected chi connectivity index (χ4v) is 2.04. The van der Waals surface area contributed by atoms with Gasteiger partial charge in [0.1, 0.15) is 18.0 Å². The first-order chi connectivity index (χ1) is 9.24. The minimum Gasteiger partial charge on any atom is -0.395 e. The molecule has 1 aliphatic rings. The van der Waals surface area contributed by atoms with E-state index in [-0.39, 0.29) is 6.61 Å². The lowest BCUT2D eigenvalue weighted by atomic mass is 10.3. The summed E-state index contributed by atoms with van der Waals surface area (Å²) in [6.45, 7) is 3.62. The van der Waals surface area contributed by atoms with Crippen LogP contribution < -0.4 is 9.80 Å². The van der Waals surface area contributed by atoms with Crippen molar-refractivity contribution in [1.29, 1.82) is 0 Å². The fraction of sp³-hybridized carbons (Fsp3) is 0.583. The molecule has 19 heavy (non-hydrogen) atoms. The minimum atomic E-state index is 0.0911. The molecule has 0 spiro atoms. The zero-order valence-corrected chi connectivity index (χ0v) is 11.1. The predicted octanol–water partition coefficient (Wildman–Crippen LogP) is -0.816. The number of aromatic nitrogens is 2. The summed E-state index contributed by atoms with van der Waals surface area (Å²) in [7, 11) is 1.88. The van der Waals surface area contributed by atoms with Crippen molar-refractivity contribution in [2.24, 2.45) is 0 Å². The second-order valence-corrected chi connectivity index (χ2v) is 4.51. The maximum atomic E-state index is 10.7. The first-order valence-electron chi connectivity index (χ1n) is 6.33. The number of aliphatic hydroxyl groups excluding tert-OH is 1. The third-order valence-corrected chi connectivity index (χ3v) is 3.25. The van der Waals surface area contributed by atoms with E-state index in [1.807, 2.05) is 18.0 Å². The Labute approximate surface area is 112 Å². The third kappa shape index (κ3) is 3.31. The second-order valence-electron chi connectivity index (χ2n) is 4.51. The quantitative estimate of drug-likeness (QED) is 0.702. The van der Waals surface area contributed by atoms with Crippen LogP contribution in [0.2, 0.25) is 0 Å². The number of piperazine rings is 1. The van der Waals surface area contributed by atoms with Crippen LogP contribution in [0.4, 0.5) is 11.6 Å². The summed E-state index contributed by atoms with van der Waals surface area (Å²) in [6.07, 6.45) is 2.42. The maximum absolute atomic E-state index is 10.7. The second kappa shape index (κ2) is 6.33. The average molecular weight is 265 g/mol. The standard InChI is InChI=1S/C12H19N5O2/c1-15(6-7-18)11-8-12(14-9-13-11)17-4-2-16(10-19)3-5-17/h8-10,18H,2-7H2,1H3. The highest BCUT2D eigenvalue weighted by molar-refractivity contribution is 5.52. The predicted molar refractivity (Wildman–Crippen MR) is 72.2 cm³/mol. The molecule has 1 fully saturated rings. The molecular formula is C12H19N5O2. The summed E-state index contributed by atoms with van der Waals surface area (Å²) in [5.41, 5.74) is 0. The molecule has 0 bridgehead atoms. The highest BCUT2D eigenvalue weighted by atomic mass is 16.3. The van der Waals surface area contributed by atoms with E-state index in [2.05, 4.69) is 14.9 Å². The Kier molecular flexibility index (Phi) is 4.51. The molecule has 0 radical (unpaired) electrons. The first kappa shape index (κ1) is 13.5. The van der Waals surface area contributed by atoms with E-state index in [1.54, 1.807) is 4.90 Å². The highest BCUT2D eigenvalue weighted by Crippen LogP contribution is 2.17. The van der Waals surface area contributed by atoms with Crippen LogP contribution in [0.15, 0.2) is 12.4 Å². The van der Waals surface area contributed by atoms with Crippen LogP contribution in [0.5, 0.6) is 0 Å². The van der Waals surface area contributed by atoms with Gasteiger partial charge in [-0.25, -0.2) is 9.97 Å². The van der Waals surface area contributed by atoms with Crippen molar-refractivity contribution in [3.05, 3.63) is 12.4 Å². The Bertz CT molecular complexity index is 420. The lowest BCUT2D eigenvalue weighted by molar-refractivity contribution is -0.118. The summed E-state index contributed by atoms with van der Waals surface area (Å²) in [6, 6.07) is 1.91. The topological polar surface area (TPSA) is 72.8 Å². The molecule has 1 aromatic rings. The third-order valence-electron chi connectivity index (χ3n) is 3.25. The van der Waals surface area contributed by atoms with E-state index < -0.39 is 0 Å². The van der Waals surface area contributed by atoms with Gasteiger partial charge >= 0.3 is 0 Å². The number of rotatable bonds is 5. The van der Waals surface area contributed by atoms with Crippen molar-refractivity contribution in [2.45, 2.75) is 0 Å². The maximum Gasteiger partial charge on any atom is 0.209 e. The van der Waals surface area contributed by atoms with E-state index in [1.165, 1.54) is 6.33 Å². The van der Waals surface area contributed by atoms with Crippen LogP contribution in [0, 0.1) is 0 Å². The van der Waals surface area contributed by atoms with Crippen LogP contribution in [0.1, 0.15) is 0 Å². The lowest BCUT2D eigenvalue weighted by Gasteiger charge is -2.33.